The normalized spacial score (nSPS) is 16.4. The van der Waals surface area contributed by atoms with Gasteiger partial charge in [-0.25, -0.2) is 0 Å². The molecule has 0 unspecified atom stereocenters. The van der Waals surface area contributed by atoms with Gasteiger partial charge in [0.25, 0.3) is 5.91 Å². The van der Waals surface area contributed by atoms with Crippen LogP contribution in [0.15, 0.2) is 6.20 Å². The molecule has 0 atom stereocenters. The second-order valence-electron chi connectivity index (χ2n) is 3.64. The topological polar surface area (TPSA) is 61.0 Å². The summed E-state index contributed by atoms with van der Waals surface area (Å²) in [7, 11) is 1.83. The van der Waals surface area contributed by atoms with Crippen LogP contribution in [0.5, 0.6) is 0 Å². The molecule has 0 radical (unpaired) electrons. The average molecular weight is 194 g/mol. The molecule has 76 valence electrons. The van der Waals surface area contributed by atoms with Crippen molar-refractivity contribution in [2.75, 3.05) is 20.1 Å². The highest BCUT2D eigenvalue weighted by Crippen LogP contribution is 2.10. The number of nitrogens with one attached hydrogen (secondary N) is 2. The summed E-state index contributed by atoms with van der Waals surface area (Å²) < 4.78 is 0. The molecule has 0 saturated carbocycles. The number of carbonyl (C=O) groups excluding carboxylic acids is 1. The van der Waals surface area contributed by atoms with Crippen LogP contribution in [0.2, 0.25) is 0 Å². The number of rotatable bonds is 2. The van der Waals surface area contributed by atoms with Crippen LogP contribution in [0.25, 0.3) is 0 Å². The van der Waals surface area contributed by atoms with Crippen LogP contribution in [0, 0.1) is 6.92 Å². The van der Waals surface area contributed by atoms with Crippen molar-refractivity contribution in [1.82, 2.24) is 20.4 Å². The van der Waals surface area contributed by atoms with Crippen molar-refractivity contribution in [3.63, 3.8) is 0 Å². The number of carbonyl (C=O) groups is 1. The first-order valence-corrected chi connectivity index (χ1v) is 4.68. The van der Waals surface area contributed by atoms with Gasteiger partial charge in [-0.15, -0.1) is 0 Å². The van der Waals surface area contributed by atoms with E-state index in [2.05, 4.69) is 15.5 Å². The Hall–Kier alpha value is -1.36. The second-order valence-corrected chi connectivity index (χ2v) is 3.64. The van der Waals surface area contributed by atoms with Crippen LogP contribution in [0.1, 0.15) is 16.1 Å². The van der Waals surface area contributed by atoms with Crippen molar-refractivity contribution in [3.8, 4) is 0 Å². The van der Waals surface area contributed by atoms with Gasteiger partial charge in [-0.05, 0) is 6.92 Å². The second kappa shape index (κ2) is 3.42. The van der Waals surface area contributed by atoms with Gasteiger partial charge in [-0.3, -0.25) is 9.89 Å². The van der Waals surface area contributed by atoms with E-state index in [1.54, 1.807) is 11.1 Å². The number of H-pyrrole nitrogens is 1. The van der Waals surface area contributed by atoms with E-state index >= 15 is 0 Å². The first-order valence-electron chi connectivity index (χ1n) is 4.68. The van der Waals surface area contributed by atoms with Gasteiger partial charge < -0.3 is 10.2 Å². The first kappa shape index (κ1) is 9.21. The number of likely N-dealkylation sites (N-methyl/N-ethyl adjacent to an activating group) is 1. The lowest BCUT2D eigenvalue weighted by atomic mass is 10.1. The summed E-state index contributed by atoms with van der Waals surface area (Å²) >= 11 is 0. The Bertz CT molecular complexity index is 342. The van der Waals surface area contributed by atoms with Crippen molar-refractivity contribution < 1.29 is 4.79 Å². The number of nitrogens with zero attached hydrogens (tertiary/aromatic N) is 2. The summed E-state index contributed by atoms with van der Waals surface area (Å²) in [5.74, 6) is 0.0442. The van der Waals surface area contributed by atoms with Crippen molar-refractivity contribution in [2.45, 2.75) is 13.0 Å². The Morgan fingerprint density at radius 2 is 2.36 bits per heavy atom. The molecule has 5 nitrogen and oxygen atoms in total. The maximum absolute atomic E-state index is 11.9. The molecule has 1 aromatic heterocycles. The van der Waals surface area contributed by atoms with Crippen molar-refractivity contribution in [2.24, 2.45) is 0 Å². The van der Waals surface area contributed by atoms with Crippen LogP contribution in [0.4, 0.5) is 0 Å². The van der Waals surface area contributed by atoms with E-state index < -0.39 is 0 Å². The smallest absolute Gasteiger partial charge is 0.257 e. The lowest BCUT2D eigenvalue weighted by Gasteiger charge is -2.35. The Morgan fingerprint density at radius 3 is 2.79 bits per heavy atom. The van der Waals surface area contributed by atoms with Gasteiger partial charge in [0.1, 0.15) is 0 Å². The zero-order valence-electron chi connectivity index (χ0n) is 8.37. The molecular weight excluding hydrogens is 180 g/mol. The monoisotopic (exact) mass is 194 g/mol. The Balaban J connectivity index is 2.11. The molecule has 1 aromatic rings. The van der Waals surface area contributed by atoms with Gasteiger partial charge in [-0.2, -0.15) is 5.10 Å². The molecule has 2 N–H and O–H groups in total. The predicted molar refractivity (Wildman–Crippen MR) is 52.1 cm³/mol. The standard InChI is InChI=1S/C9H14N4O/c1-6-8(5-11-12-6)9(14)13(2)7-3-10-4-7/h5,7,10H,3-4H2,1-2H3,(H,11,12). The molecule has 0 aliphatic carbocycles. The predicted octanol–water partition coefficient (Wildman–Crippen LogP) is -0.238. The van der Waals surface area contributed by atoms with Gasteiger partial charge in [0.2, 0.25) is 0 Å². The fraction of sp³-hybridized carbons (Fsp3) is 0.556. The van der Waals surface area contributed by atoms with E-state index in [1.165, 1.54) is 0 Å². The third-order valence-corrected chi connectivity index (χ3v) is 2.69. The highest BCUT2D eigenvalue weighted by Gasteiger charge is 2.27. The molecule has 1 aliphatic heterocycles. The van der Waals surface area contributed by atoms with E-state index in [9.17, 15) is 4.79 Å². The average Bonchev–Trinajstić information content (AvgIpc) is 2.47. The lowest BCUT2D eigenvalue weighted by molar-refractivity contribution is 0.0680. The molecule has 1 fully saturated rings. The van der Waals surface area contributed by atoms with Crippen LogP contribution in [-0.4, -0.2) is 47.2 Å². The molecule has 0 spiro atoms. The maximum atomic E-state index is 11.9. The number of hydrogen-bond donors (Lipinski definition) is 2. The fourth-order valence-electron chi connectivity index (χ4n) is 1.47. The molecule has 0 bridgehead atoms. The van der Waals surface area contributed by atoms with E-state index in [4.69, 9.17) is 0 Å². The van der Waals surface area contributed by atoms with Crippen LogP contribution < -0.4 is 5.32 Å². The minimum Gasteiger partial charge on any atom is -0.336 e. The maximum Gasteiger partial charge on any atom is 0.257 e. The van der Waals surface area contributed by atoms with Gasteiger partial charge in [0.05, 0.1) is 17.8 Å². The number of hydrogen-bond acceptors (Lipinski definition) is 3. The molecule has 1 amide bonds. The van der Waals surface area contributed by atoms with Gasteiger partial charge in [-0.1, -0.05) is 0 Å². The van der Waals surface area contributed by atoms with E-state index in [0.717, 1.165) is 18.8 Å². The molecule has 14 heavy (non-hydrogen) atoms. The summed E-state index contributed by atoms with van der Waals surface area (Å²) in [6, 6.07) is 0.330. The molecule has 5 heteroatoms. The number of aryl methyl sites for hydroxylation is 1. The number of amides is 1. The molecule has 1 aliphatic rings. The highest BCUT2D eigenvalue weighted by molar-refractivity contribution is 5.95. The molecule has 2 rings (SSSR count). The summed E-state index contributed by atoms with van der Waals surface area (Å²) in [6.07, 6.45) is 1.58. The van der Waals surface area contributed by atoms with E-state index in [1.807, 2.05) is 14.0 Å². The minimum absolute atomic E-state index is 0.0442. The van der Waals surface area contributed by atoms with E-state index in [0.29, 0.717) is 11.6 Å². The van der Waals surface area contributed by atoms with Crippen LogP contribution in [-0.2, 0) is 0 Å². The Labute approximate surface area is 82.5 Å². The SMILES string of the molecule is Cc1[nH]ncc1C(=O)N(C)C1CNC1. The van der Waals surface area contributed by atoms with Crippen LogP contribution >= 0.6 is 0 Å². The summed E-state index contributed by atoms with van der Waals surface area (Å²) in [5.41, 5.74) is 1.49. The summed E-state index contributed by atoms with van der Waals surface area (Å²) in [5, 5.41) is 9.75. The summed E-state index contributed by atoms with van der Waals surface area (Å²) in [4.78, 5) is 13.7. The van der Waals surface area contributed by atoms with Crippen molar-refractivity contribution in [1.29, 1.82) is 0 Å². The number of aromatic amines is 1. The largest absolute Gasteiger partial charge is 0.336 e. The van der Waals surface area contributed by atoms with Crippen LogP contribution in [0.3, 0.4) is 0 Å². The Morgan fingerprint density at radius 1 is 1.64 bits per heavy atom. The first-order chi connectivity index (χ1) is 6.70. The van der Waals surface area contributed by atoms with Gasteiger partial charge in [0, 0.05) is 25.8 Å². The summed E-state index contributed by atoms with van der Waals surface area (Å²) in [6.45, 7) is 3.63. The van der Waals surface area contributed by atoms with Gasteiger partial charge in [0.15, 0.2) is 0 Å². The van der Waals surface area contributed by atoms with Crippen molar-refractivity contribution >= 4 is 5.91 Å². The van der Waals surface area contributed by atoms with Gasteiger partial charge >= 0.3 is 0 Å². The molecule has 2 heterocycles. The van der Waals surface area contributed by atoms with E-state index in [-0.39, 0.29) is 5.91 Å². The molecular formula is C9H14N4O. The quantitative estimate of drug-likeness (QED) is 0.683. The molecule has 0 aromatic carbocycles. The van der Waals surface area contributed by atoms with Crippen molar-refractivity contribution in [3.05, 3.63) is 17.5 Å². The zero-order valence-corrected chi connectivity index (χ0v) is 8.37. The third-order valence-electron chi connectivity index (χ3n) is 2.69. The zero-order chi connectivity index (χ0) is 10.1. The third kappa shape index (κ3) is 1.39. The molecule has 1 saturated heterocycles. The Kier molecular flexibility index (Phi) is 2.25. The minimum atomic E-state index is 0.0442. The lowest BCUT2D eigenvalue weighted by Crippen LogP contribution is -2.57. The highest BCUT2D eigenvalue weighted by atomic mass is 16.2. The fourth-order valence-corrected chi connectivity index (χ4v) is 1.47. The number of aromatic nitrogens is 2.